The van der Waals surface area contributed by atoms with Gasteiger partial charge in [-0.2, -0.15) is 13.2 Å². The molecule has 0 bridgehead atoms. The first-order valence-corrected chi connectivity index (χ1v) is 6.67. The Morgan fingerprint density at radius 3 is 2.67 bits per heavy atom. The Labute approximate surface area is 118 Å². The predicted molar refractivity (Wildman–Crippen MR) is 69.0 cm³/mol. The van der Waals surface area contributed by atoms with Crippen molar-refractivity contribution in [1.29, 1.82) is 0 Å². The zero-order valence-corrected chi connectivity index (χ0v) is 11.0. The summed E-state index contributed by atoms with van der Waals surface area (Å²) in [5, 5.41) is 8.98. The van der Waals surface area contributed by atoms with Crippen LogP contribution in [-0.4, -0.2) is 20.6 Å². The first kappa shape index (κ1) is 13.9. The molecule has 0 spiro atoms. The predicted octanol–water partition coefficient (Wildman–Crippen LogP) is 3.55. The molecule has 1 fully saturated rings. The fourth-order valence-electron chi connectivity index (χ4n) is 2.42. The Hall–Kier alpha value is -2.05. The van der Waals surface area contributed by atoms with E-state index in [0.717, 1.165) is 17.4 Å². The quantitative estimate of drug-likeness (QED) is 0.939. The summed E-state index contributed by atoms with van der Waals surface area (Å²) >= 11 is 0. The van der Waals surface area contributed by atoms with Crippen LogP contribution in [0.25, 0.3) is 11.0 Å². The summed E-state index contributed by atoms with van der Waals surface area (Å²) in [5.41, 5.74) is 0.356. The highest BCUT2D eigenvalue weighted by Crippen LogP contribution is 2.36. The molecule has 1 saturated carbocycles. The van der Waals surface area contributed by atoms with Gasteiger partial charge in [0.15, 0.2) is 0 Å². The normalized spacial score (nSPS) is 15.6. The van der Waals surface area contributed by atoms with Crippen molar-refractivity contribution in [3.8, 4) is 0 Å². The maximum absolute atomic E-state index is 13.1. The molecule has 1 N–H and O–H groups in total. The molecular weight excluding hydrogens is 285 g/mol. The second-order valence-corrected chi connectivity index (χ2v) is 5.33. The van der Waals surface area contributed by atoms with E-state index in [9.17, 15) is 18.0 Å². The van der Waals surface area contributed by atoms with Crippen LogP contribution in [0.4, 0.5) is 13.2 Å². The van der Waals surface area contributed by atoms with Gasteiger partial charge in [0.2, 0.25) is 5.82 Å². The van der Waals surface area contributed by atoms with Crippen LogP contribution in [0.3, 0.4) is 0 Å². The van der Waals surface area contributed by atoms with Gasteiger partial charge in [0.1, 0.15) is 0 Å². The number of carbonyl (C=O) groups is 1. The van der Waals surface area contributed by atoms with Gasteiger partial charge in [0.25, 0.3) is 0 Å². The third kappa shape index (κ3) is 2.72. The van der Waals surface area contributed by atoms with Gasteiger partial charge in [0.05, 0.1) is 16.6 Å². The number of hydrogen-bond acceptors (Lipinski definition) is 2. The van der Waals surface area contributed by atoms with Crippen molar-refractivity contribution in [2.75, 3.05) is 0 Å². The zero-order valence-electron chi connectivity index (χ0n) is 11.0. The molecule has 0 radical (unpaired) electrons. The number of carboxylic acids is 1. The largest absolute Gasteiger partial charge is 0.478 e. The van der Waals surface area contributed by atoms with Gasteiger partial charge in [-0.15, -0.1) is 0 Å². The molecule has 2 aromatic rings. The fourth-order valence-corrected chi connectivity index (χ4v) is 2.42. The minimum atomic E-state index is -4.55. The average Bonchev–Trinajstić information content (AvgIpc) is 3.14. The Morgan fingerprint density at radius 2 is 2.10 bits per heavy atom. The van der Waals surface area contributed by atoms with Gasteiger partial charge in [-0.1, -0.05) is 12.8 Å². The van der Waals surface area contributed by atoms with Crippen LogP contribution in [0.5, 0.6) is 0 Å². The van der Waals surface area contributed by atoms with Crippen molar-refractivity contribution in [3.05, 3.63) is 29.6 Å². The highest BCUT2D eigenvalue weighted by molar-refractivity contribution is 5.92. The first-order chi connectivity index (χ1) is 9.86. The van der Waals surface area contributed by atoms with Crippen LogP contribution in [0.1, 0.15) is 35.4 Å². The van der Waals surface area contributed by atoms with E-state index in [1.165, 1.54) is 18.2 Å². The number of fused-ring (bicyclic) bond motifs is 1. The molecule has 0 aliphatic heterocycles. The Morgan fingerprint density at radius 1 is 1.38 bits per heavy atom. The number of halogens is 3. The summed E-state index contributed by atoms with van der Waals surface area (Å²) in [6.45, 7) is 0.207. The molecule has 3 rings (SSSR count). The van der Waals surface area contributed by atoms with Gasteiger partial charge < -0.3 is 9.67 Å². The van der Waals surface area contributed by atoms with Crippen molar-refractivity contribution in [1.82, 2.24) is 9.55 Å². The zero-order chi connectivity index (χ0) is 15.2. The van der Waals surface area contributed by atoms with Crippen LogP contribution >= 0.6 is 0 Å². The highest BCUT2D eigenvalue weighted by atomic mass is 19.4. The van der Waals surface area contributed by atoms with Crippen molar-refractivity contribution >= 4 is 17.0 Å². The van der Waals surface area contributed by atoms with Crippen molar-refractivity contribution in [2.45, 2.75) is 32.0 Å². The number of rotatable bonds is 4. The molecule has 0 unspecified atom stereocenters. The first-order valence-electron chi connectivity index (χ1n) is 6.67. The number of benzene rings is 1. The lowest BCUT2D eigenvalue weighted by Gasteiger charge is -2.11. The molecule has 112 valence electrons. The Kier molecular flexibility index (Phi) is 3.15. The van der Waals surface area contributed by atoms with Crippen molar-refractivity contribution in [3.63, 3.8) is 0 Å². The fraction of sp³-hybridized carbons (Fsp3) is 0.429. The molecule has 0 saturated heterocycles. The van der Waals surface area contributed by atoms with Gasteiger partial charge in [0, 0.05) is 6.54 Å². The monoisotopic (exact) mass is 298 g/mol. The molecule has 1 aromatic carbocycles. The summed E-state index contributed by atoms with van der Waals surface area (Å²) < 4.78 is 40.4. The molecule has 7 heteroatoms. The maximum Gasteiger partial charge on any atom is 0.449 e. The van der Waals surface area contributed by atoms with E-state index in [2.05, 4.69) is 4.98 Å². The van der Waals surface area contributed by atoms with Crippen molar-refractivity contribution < 1.29 is 23.1 Å². The number of aromatic nitrogens is 2. The molecule has 1 aromatic heterocycles. The van der Waals surface area contributed by atoms with Crippen LogP contribution in [-0.2, 0) is 12.7 Å². The van der Waals surface area contributed by atoms with E-state index in [1.54, 1.807) is 0 Å². The second kappa shape index (κ2) is 4.75. The Balaban J connectivity index is 2.10. The lowest BCUT2D eigenvalue weighted by Crippen LogP contribution is -2.15. The van der Waals surface area contributed by atoms with Crippen molar-refractivity contribution in [2.24, 2.45) is 5.92 Å². The molecular formula is C14H13F3N2O2. The van der Waals surface area contributed by atoms with Crippen LogP contribution < -0.4 is 0 Å². The summed E-state index contributed by atoms with van der Waals surface area (Å²) in [6, 6.07) is 3.84. The lowest BCUT2D eigenvalue weighted by molar-refractivity contribution is -0.147. The molecule has 0 amide bonds. The molecule has 21 heavy (non-hydrogen) atoms. The molecule has 1 aliphatic rings. The number of aromatic carboxylic acids is 1. The number of alkyl halides is 3. The van der Waals surface area contributed by atoms with Gasteiger partial charge in [-0.05, 0) is 30.5 Å². The van der Waals surface area contributed by atoms with Gasteiger partial charge in [-0.3, -0.25) is 0 Å². The van der Waals surface area contributed by atoms with E-state index in [0.29, 0.717) is 12.3 Å². The minimum Gasteiger partial charge on any atom is -0.478 e. The van der Waals surface area contributed by atoms with E-state index in [4.69, 9.17) is 5.11 Å². The molecule has 1 heterocycles. The topological polar surface area (TPSA) is 55.1 Å². The minimum absolute atomic E-state index is 0.0382. The molecule has 0 atom stereocenters. The summed E-state index contributed by atoms with van der Waals surface area (Å²) in [6.07, 6.45) is -1.79. The van der Waals surface area contributed by atoms with Gasteiger partial charge >= 0.3 is 12.1 Å². The van der Waals surface area contributed by atoms with E-state index in [1.807, 2.05) is 0 Å². The van der Waals surface area contributed by atoms with E-state index >= 15 is 0 Å². The van der Waals surface area contributed by atoms with Crippen LogP contribution in [0, 0.1) is 5.92 Å². The average molecular weight is 298 g/mol. The smallest absolute Gasteiger partial charge is 0.449 e. The standard InChI is InChI=1S/C14H13F3N2O2/c15-14(16,17)13-18-10-4-3-9(12(20)21)7-11(10)19(13)6-5-8-1-2-8/h3-4,7-8H,1-2,5-6H2,(H,20,21). The summed E-state index contributed by atoms with van der Waals surface area (Å²) in [7, 11) is 0. The van der Waals surface area contributed by atoms with Crippen LogP contribution in [0.15, 0.2) is 18.2 Å². The van der Waals surface area contributed by atoms with E-state index in [-0.39, 0.29) is 23.1 Å². The summed E-state index contributed by atoms with van der Waals surface area (Å²) in [4.78, 5) is 14.6. The summed E-state index contributed by atoms with van der Waals surface area (Å²) in [5.74, 6) is -1.65. The SMILES string of the molecule is O=C(O)c1ccc2nc(C(F)(F)F)n(CCC3CC3)c2c1. The number of imidazole rings is 1. The lowest BCUT2D eigenvalue weighted by atomic mass is 10.2. The second-order valence-electron chi connectivity index (χ2n) is 5.33. The molecule has 4 nitrogen and oxygen atoms in total. The van der Waals surface area contributed by atoms with Crippen LogP contribution in [0.2, 0.25) is 0 Å². The third-order valence-corrected chi connectivity index (χ3v) is 3.71. The number of aryl methyl sites for hydroxylation is 1. The third-order valence-electron chi connectivity index (χ3n) is 3.71. The number of carboxylic acid groups (broad SMARTS) is 1. The van der Waals surface area contributed by atoms with Gasteiger partial charge in [-0.25, -0.2) is 9.78 Å². The number of nitrogens with zero attached hydrogens (tertiary/aromatic N) is 2. The highest BCUT2D eigenvalue weighted by Gasteiger charge is 2.38. The maximum atomic E-state index is 13.1. The van der Waals surface area contributed by atoms with E-state index < -0.39 is 18.0 Å². The number of hydrogen-bond donors (Lipinski definition) is 1. The Bertz CT molecular complexity index is 702. The molecule has 1 aliphatic carbocycles.